The second-order valence-corrected chi connectivity index (χ2v) is 6.17. The average molecular weight is 331 g/mol. The van der Waals surface area contributed by atoms with Crippen LogP contribution in [0.5, 0.6) is 0 Å². The minimum atomic E-state index is -0.178. The van der Waals surface area contributed by atoms with E-state index in [0.717, 1.165) is 17.5 Å². The summed E-state index contributed by atoms with van der Waals surface area (Å²) in [4.78, 5) is 12.2. The largest absolute Gasteiger partial charge is 0.456 e. The molecule has 1 aliphatic carbocycles. The van der Waals surface area contributed by atoms with Gasteiger partial charge in [-0.1, -0.05) is 70.5 Å². The van der Waals surface area contributed by atoms with Crippen molar-refractivity contribution in [3.8, 4) is 0 Å². The van der Waals surface area contributed by atoms with Gasteiger partial charge < -0.3 is 4.74 Å². The number of ether oxygens (including phenoxy) is 1. The number of esters is 1. The van der Waals surface area contributed by atoms with Crippen molar-refractivity contribution in [1.82, 2.24) is 0 Å². The van der Waals surface area contributed by atoms with Crippen LogP contribution in [0.1, 0.15) is 22.8 Å². The summed E-state index contributed by atoms with van der Waals surface area (Å²) in [5.41, 5.74) is 3.36. The van der Waals surface area contributed by atoms with Crippen LogP contribution < -0.4 is 0 Å². The SMILES string of the molecule is O=C(Cc1ccccc1)O[C@@H]1c2ccccc2C[C@H]1Br. The summed E-state index contributed by atoms with van der Waals surface area (Å²) in [5.74, 6) is -0.178. The summed E-state index contributed by atoms with van der Waals surface area (Å²) in [5, 5.41) is 0. The fourth-order valence-electron chi connectivity index (χ4n) is 2.59. The Hall–Kier alpha value is -1.61. The fourth-order valence-corrected chi connectivity index (χ4v) is 3.33. The number of carbonyl (C=O) groups excluding carboxylic acids is 1. The van der Waals surface area contributed by atoms with Crippen molar-refractivity contribution in [1.29, 1.82) is 0 Å². The van der Waals surface area contributed by atoms with E-state index in [9.17, 15) is 4.79 Å². The Labute approximate surface area is 126 Å². The molecular weight excluding hydrogens is 316 g/mol. The topological polar surface area (TPSA) is 26.3 Å². The Morgan fingerprint density at radius 2 is 1.80 bits per heavy atom. The first-order valence-electron chi connectivity index (χ1n) is 6.69. The molecule has 20 heavy (non-hydrogen) atoms. The van der Waals surface area contributed by atoms with Crippen molar-refractivity contribution in [2.75, 3.05) is 0 Å². The molecule has 0 bridgehead atoms. The van der Waals surface area contributed by atoms with Crippen LogP contribution in [0.4, 0.5) is 0 Å². The van der Waals surface area contributed by atoms with Crippen LogP contribution in [-0.4, -0.2) is 10.8 Å². The average Bonchev–Trinajstić information content (AvgIpc) is 2.76. The lowest BCUT2D eigenvalue weighted by Crippen LogP contribution is -2.17. The van der Waals surface area contributed by atoms with Crippen LogP contribution in [-0.2, 0) is 22.4 Å². The van der Waals surface area contributed by atoms with Gasteiger partial charge in [-0.2, -0.15) is 0 Å². The maximum Gasteiger partial charge on any atom is 0.310 e. The van der Waals surface area contributed by atoms with Crippen LogP contribution in [0.2, 0.25) is 0 Å². The van der Waals surface area contributed by atoms with Gasteiger partial charge in [0.05, 0.1) is 11.2 Å². The summed E-state index contributed by atoms with van der Waals surface area (Å²) >= 11 is 3.62. The Morgan fingerprint density at radius 1 is 1.10 bits per heavy atom. The van der Waals surface area contributed by atoms with Gasteiger partial charge >= 0.3 is 5.97 Å². The highest BCUT2D eigenvalue weighted by Gasteiger charge is 2.33. The summed E-state index contributed by atoms with van der Waals surface area (Å²) in [6.45, 7) is 0. The van der Waals surface area contributed by atoms with Gasteiger partial charge in [-0.05, 0) is 23.1 Å². The van der Waals surface area contributed by atoms with Gasteiger partial charge in [-0.15, -0.1) is 0 Å². The lowest BCUT2D eigenvalue weighted by atomic mass is 10.1. The molecule has 2 aromatic rings. The Kier molecular flexibility index (Phi) is 3.88. The highest BCUT2D eigenvalue weighted by atomic mass is 79.9. The lowest BCUT2D eigenvalue weighted by molar-refractivity contribution is -0.148. The highest BCUT2D eigenvalue weighted by molar-refractivity contribution is 9.09. The van der Waals surface area contributed by atoms with E-state index in [1.165, 1.54) is 5.56 Å². The predicted octanol–water partition coefficient (Wildman–Crippen LogP) is 3.83. The molecule has 0 heterocycles. The Balaban J connectivity index is 1.70. The van der Waals surface area contributed by atoms with E-state index >= 15 is 0 Å². The van der Waals surface area contributed by atoms with Gasteiger partial charge in [0.15, 0.2) is 0 Å². The van der Waals surface area contributed by atoms with Crippen molar-refractivity contribution < 1.29 is 9.53 Å². The number of rotatable bonds is 3. The molecule has 0 spiro atoms. The van der Waals surface area contributed by atoms with Gasteiger partial charge in [0.25, 0.3) is 0 Å². The Morgan fingerprint density at radius 3 is 2.60 bits per heavy atom. The maximum absolute atomic E-state index is 12.1. The molecule has 0 amide bonds. The van der Waals surface area contributed by atoms with Gasteiger partial charge in [0, 0.05) is 0 Å². The van der Waals surface area contributed by atoms with Gasteiger partial charge in [0.2, 0.25) is 0 Å². The normalized spacial score (nSPS) is 20.4. The Bertz CT molecular complexity index is 609. The number of carbonyl (C=O) groups is 1. The van der Waals surface area contributed by atoms with Crippen LogP contribution in [0.3, 0.4) is 0 Å². The standard InChI is InChI=1S/C17H15BrO2/c18-15-11-13-8-4-5-9-14(13)17(15)20-16(19)10-12-6-2-1-3-7-12/h1-9,15,17H,10-11H2/t15-,17-/m1/s1. The smallest absolute Gasteiger partial charge is 0.310 e. The maximum atomic E-state index is 12.1. The van der Waals surface area contributed by atoms with Crippen molar-refractivity contribution in [3.63, 3.8) is 0 Å². The molecule has 102 valence electrons. The number of hydrogen-bond donors (Lipinski definition) is 0. The zero-order valence-electron chi connectivity index (χ0n) is 11.0. The van der Waals surface area contributed by atoms with Crippen LogP contribution >= 0.6 is 15.9 Å². The van der Waals surface area contributed by atoms with Crippen LogP contribution in [0, 0.1) is 0 Å². The minimum Gasteiger partial charge on any atom is -0.456 e. The molecule has 0 fully saturated rings. The number of fused-ring (bicyclic) bond motifs is 1. The molecule has 0 saturated heterocycles. The number of alkyl halides is 1. The van der Waals surface area contributed by atoms with Crippen molar-refractivity contribution in [3.05, 3.63) is 71.3 Å². The molecule has 3 rings (SSSR count). The molecule has 0 saturated carbocycles. The minimum absolute atomic E-state index is 0.166. The quantitative estimate of drug-likeness (QED) is 0.631. The summed E-state index contributed by atoms with van der Waals surface area (Å²) in [6.07, 6.45) is 1.04. The van der Waals surface area contributed by atoms with Crippen LogP contribution in [0.25, 0.3) is 0 Å². The van der Waals surface area contributed by atoms with E-state index in [2.05, 4.69) is 22.0 Å². The summed E-state index contributed by atoms with van der Waals surface area (Å²) in [7, 11) is 0. The molecule has 2 atom stereocenters. The van der Waals surface area contributed by atoms with E-state index in [4.69, 9.17) is 4.74 Å². The van der Waals surface area contributed by atoms with Gasteiger partial charge in [-0.25, -0.2) is 0 Å². The first-order chi connectivity index (χ1) is 9.74. The molecule has 0 aliphatic heterocycles. The van der Waals surface area contributed by atoms with E-state index in [1.807, 2.05) is 48.5 Å². The molecule has 0 radical (unpaired) electrons. The first-order valence-corrected chi connectivity index (χ1v) is 7.61. The second-order valence-electron chi connectivity index (χ2n) is 4.99. The van der Waals surface area contributed by atoms with Gasteiger partial charge in [0.1, 0.15) is 6.10 Å². The number of hydrogen-bond acceptors (Lipinski definition) is 2. The molecule has 1 aliphatic rings. The molecule has 3 heteroatoms. The van der Waals surface area contributed by atoms with E-state index < -0.39 is 0 Å². The monoisotopic (exact) mass is 330 g/mol. The first kappa shape index (κ1) is 13.4. The molecule has 0 unspecified atom stereocenters. The lowest BCUT2D eigenvalue weighted by Gasteiger charge is -2.16. The zero-order valence-corrected chi connectivity index (χ0v) is 12.5. The highest BCUT2D eigenvalue weighted by Crippen LogP contribution is 2.38. The van der Waals surface area contributed by atoms with E-state index in [-0.39, 0.29) is 16.9 Å². The summed E-state index contributed by atoms with van der Waals surface area (Å²) < 4.78 is 5.67. The van der Waals surface area contributed by atoms with Crippen LogP contribution in [0.15, 0.2) is 54.6 Å². The third-order valence-corrected chi connectivity index (χ3v) is 4.36. The fraction of sp³-hybridized carbons (Fsp3) is 0.235. The second kappa shape index (κ2) is 5.80. The van der Waals surface area contributed by atoms with E-state index in [0.29, 0.717) is 6.42 Å². The molecular formula is C17H15BrO2. The zero-order chi connectivity index (χ0) is 13.9. The predicted molar refractivity (Wildman–Crippen MR) is 81.8 cm³/mol. The third-order valence-electron chi connectivity index (χ3n) is 3.55. The van der Waals surface area contributed by atoms with Crippen molar-refractivity contribution in [2.45, 2.75) is 23.8 Å². The number of benzene rings is 2. The van der Waals surface area contributed by atoms with Crippen molar-refractivity contribution >= 4 is 21.9 Å². The molecule has 0 N–H and O–H groups in total. The van der Waals surface area contributed by atoms with Crippen molar-refractivity contribution in [2.24, 2.45) is 0 Å². The molecule has 2 aromatic carbocycles. The van der Waals surface area contributed by atoms with E-state index in [1.54, 1.807) is 0 Å². The molecule has 0 aromatic heterocycles. The molecule has 2 nitrogen and oxygen atoms in total. The number of halogens is 1. The third kappa shape index (κ3) is 2.78. The van der Waals surface area contributed by atoms with Gasteiger partial charge in [-0.3, -0.25) is 4.79 Å². The summed E-state index contributed by atoms with van der Waals surface area (Å²) in [6, 6.07) is 17.8.